The number of ether oxygens (including phenoxy) is 1. The molecule has 0 saturated carbocycles. The monoisotopic (exact) mass is 298 g/mol. The van der Waals surface area contributed by atoms with Crippen LogP contribution in [0.4, 0.5) is 5.69 Å². The second-order valence-electron chi connectivity index (χ2n) is 5.02. The van der Waals surface area contributed by atoms with E-state index >= 15 is 0 Å². The van der Waals surface area contributed by atoms with Crippen LogP contribution in [0.1, 0.15) is 24.9 Å². The summed E-state index contributed by atoms with van der Waals surface area (Å²) in [7, 11) is 1.64. The molecule has 22 heavy (non-hydrogen) atoms. The smallest absolute Gasteiger partial charge is 0.239 e. The van der Waals surface area contributed by atoms with Gasteiger partial charge in [0.05, 0.1) is 19.7 Å². The van der Waals surface area contributed by atoms with Crippen LogP contribution in [0, 0.1) is 0 Å². The van der Waals surface area contributed by atoms with Gasteiger partial charge in [0.2, 0.25) is 5.91 Å². The van der Waals surface area contributed by atoms with E-state index in [1.54, 1.807) is 7.11 Å². The first-order valence-corrected chi connectivity index (χ1v) is 7.45. The number of amides is 1. The molecule has 0 fully saturated rings. The Morgan fingerprint density at radius 3 is 2.36 bits per heavy atom. The first-order valence-electron chi connectivity index (χ1n) is 7.45. The Morgan fingerprint density at radius 1 is 1.09 bits per heavy atom. The topological polar surface area (TPSA) is 50.4 Å². The SMILES string of the molecule is CCC(NC(=O)CNc1ccccc1)c1ccc(OC)cc1. The summed E-state index contributed by atoms with van der Waals surface area (Å²) in [6.07, 6.45) is 0.837. The minimum absolute atomic E-state index is 0.0102. The summed E-state index contributed by atoms with van der Waals surface area (Å²) in [6, 6.07) is 17.5. The highest BCUT2D eigenvalue weighted by molar-refractivity contribution is 5.81. The first kappa shape index (κ1) is 15.9. The van der Waals surface area contributed by atoms with E-state index in [0.29, 0.717) is 0 Å². The van der Waals surface area contributed by atoms with Crippen molar-refractivity contribution in [2.45, 2.75) is 19.4 Å². The average Bonchev–Trinajstić information content (AvgIpc) is 2.59. The molecule has 2 rings (SSSR count). The third-order valence-electron chi connectivity index (χ3n) is 3.49. The summed E-state index contributed by atoms with van der Waals surface area (Å²) in [6.45, 7) is 2.32. The van der Waals surface area contributed by atoms with E-state index in [0.717, 1.165) is 23.4 Å². The Balaban J connectivity index is 1.90. The molecule has 0 aliphatic heterocycles. The van der Waals surface area contributed by atoms with Crippen LogP contribution in [0.25, 0.3) is 0 Å². The number of para-hydroxylation sites is 1. The highest BCUT2D eigenvalue weighted by Gasteiger charge is 2.12. The summed E-state index contributed by atoms with van der Waals surface area (Å²) >= 11 is 0. The third kappa shape index (κ3) is 4.52. The molecule has 1 amide bonds. The lowest BCUT2D eigenvalue weighted by molar-refractivity contribution is -0.120. The summed E-state index contributed by atoms with van der Waals surface area (Å²) < 4.78 is 5.15. The Bertz CT molecular complexity index is 582. The first-order chi connectivity index (χ1) is 10.7. The van der Waals surface area contributed by atoms with Crippen molar-refractivity contribution in [1.29, 1.82) is 0 Å². The maximum Gasteiger partial charge on any atom is 0.239 e. The van der Waals surface area contributed by atoms with Gasteiger partial charge in [0.15, 0.2) is 0 Å². The van der Waals surface area contributed by atoms with E-state index in [1.807, 2.05) is 54.6 Å². The van der Waals surface area contributed by atoms with Gasteiger partial charge in [-0.15, -0.1) is 0 Å². The molecule has 0 aromatic heterocycles. The van der Waals surface area contributed by atoms with Crippen molar-refractivity contribution < 1.29 is 9.53 Å². The molecule has 0 heterocycles. The van der Waals surface area contributed by atoms with Gasteiger partial charge in [-0.05, 0) is 36.2 Å². The van der Waals surface area contributed by atoms with Crippen LogP contribution in [0.2, 0.25) is 0 Å². The lowest BCUT2D eigenvalue weighted by atomic mass is 10.0. The lowest BCUT2D eigenvalue weighted by Gasteiger charge is -2.18. The number of nitrogens with one attached hydrogen (secondary N) is 2. The molecule has 1 unspecified atom stereocenters. The van der Waals surface area contributed by atoms with Gasteiger partial charge in [-0.2, -0.15) is 0 Å². The molecular formula is C18H22N2O2. The van der Waals surface area contributed by atoms with E-state index in [-0.39, 0.29) is 18.5 Å². The Morgan fingerprint density at radius 2 is 1.77 bits per heavy atom. The van der Waals surface area contributed by atoms with Crippen molar-refractivity contribution in [3.63, 3.8) is 0 Å². The second kappa shape index (κ2) is 8.08. The minimum atomic E-state index is -0.0217. The Hall–Kier alpha value is -2.49. The second-order valence-corrected chi connectivity index (χ2v) is 5.02. The number of anilines is 1. The van der Waals surface area contributed by atoms with Gasteiger partial charge in [0.1, 0.15) is 5.75 Å². The molecule has 2 N–H and O–H groups in total. The molecule has 0 radical (unpaired) electrons. The van der Waals surface area contributed by atoms with Gasteiger partial charge < -0.3 is 15.4 Å². The van der Waals surface area contributed by atoms with Crippen molar-refractivity contribution in [2.75, 3.05) is 19.0 Å². The summed E-state index contributed by atoms with van der Waals surface area (Å²) in [5, 5.41) is 6.16. The van der Waals surface area contributed by atoms with Gasteiger partial charge in [-0.25, -0.2) is 0 Å². The van der Waals surface area contributed by atoms with E-state index in [1.165, 1.54) is 0 Å². The number of rotatable bonds is 7. The van der Waals surface area contributed by atoms with E-state index in [2.05, 4.69) is 17.6 Å². The fraction of sp³-hybridized carbons (Fsp3) is 0.278. The van der Waals surface area contributed by atoms with Crippen LogP contribution in [0.5, 0.6) is 5.75 Å². The maximum atomic E-state index is 12.1. The Kier molecular flexibility index (Phi) is 5.83. The van der Waals surface area contributed by atoms with Crippen LogP contribution < -0.4 is 15.4 Å². The summed E-state index contributed by atoms with van der Waals surface area (Å²) in [4.78, 5) is 12.1. The normalized spacial score (nSPS) is 11.5. The summed E-state index contributed by atoms with van der Waals surface area (Å²) in [5.74, 6) is 0.794. The average molecular weight is 298 g/mol. The van der Waals surface area contributed by atoms with Crippen molar-refractivity contribution in [3.8, 4) is 5.75 Å². The van der Waals surface area contributed by atoms with Gasteiger partial charge in [-0.3, -0.25) is 4.79 Å². The third-order valence-corrected chi connectivity index (χ3v) is 3.49. The molecule has 0 aliphatic carbocycles. The zero-order chi connectivity index (χ0) is 15.8. The predicted octanol–water partition coefficient (Wildman–Crippen LogP) is 3.37. The largest absolute Gasteiger partial charge is 0.497 e. The van der Waals surface area contributed by atoms with Crippen molar-refractivity contribution >= 4 is 11.6 Å². The van der Waals surface area contributed by atoms with Gasteiger partial charge in [0, 0.05) is 5.69 Å². The van der Waals surface area contributed by atoms with Crippen molar-refractivity contribution in [3.05, 3.63) is 60.2 Å². The van der Waals surface area contributed by atoms with Crippen LogP contribution in [0.15, 0.2) is 54.6 Å². The van der Waals surface area contributed by atoms with Gasteiger partial charge >= 0.3 is 0 Å². The van der Waals surface area contributed by atoms with Crippen molar-refractivity contribution in [1.82, 2.24) is 5.32 Å². The number of carbonyl (C=O) groups is 1. The molecule has 0 aliphatic rings. The number of methoxy groups -OCH3 is 1. The minimum Gasteiger partial charge on any atom is -0.497 e. The standard InChI is InChI=1S/C18H22N2O2/c1-3-17(14-9-11-16(22-2)12-10-14)20-18(21)13-19-15-7-5-4-6-8-15/h4-12,17,19H,3,13H2,1-2H3,(H,20,21). The molecule has 0 spiro atoms. The fourth-order valence-electron chi connectivity index (χ4n) is 2.24. The highest BCUT2D eigenvalue weighted by atomic mass is 16.5. The molecule has 4 nitrogen and oxygen atoms in total. The molecule has 1 atom stereocenters. The van der Waals surface area contributed by atoms with Crippen LogP contribution in [-0.4, -0.2) is 19.6 Å². The molecule has 2 aromatic carbocycles. The summed E-state index contributed by atoms with van der Waals surface area (Å²) in [5.41, 5.74) is 2.02. The van der Waals surface area contributed by atoms with Gasteiger partial charge in [0.25, 0.3) is 0 Å². The van der Waals surface area contributed by atoms with Crippen LogP contribution in [0.3, 0.4) is 0 Å². The lowest BCUT2D eigenvalue weighted by Crippen LogP contribution is -2.33. The Labute approximate surface area is 131 Å². The van der Waals surface area contributed by atoms with Crippen LogP contribution >= 0.6 is 0 Å². The number of hydrogen-bond acceptors (Lipinski definition) is 3. The fourth-order valence-corrected chi connectivity index (χ4v) is 2.24. The van der Waals surface area contributed by atoms with E-state index in [4.69, 9.17) is 4.74 Å². The van der Waals surface area contributed by atoms with E-state index < -0.39 is 0 Å². The molecule has 2 aromatic rings. The highest BCUT2D eigenvalue weighted by Crippen LogP contribution is 2.20. The molecule has 116 valence electrons. The number of carbonyl (C=O) groups excluding carboxylic acids is 1. The maximum absolute atomic E-state index is 12.1. The molecule has 0 bridgehead atoms. The quantitative estimate of drug-likeness (QED) is 0.824. The molecular weight excluding hydrogens is 276 g/mol. The zero-order valence-corrected chi connectivity index (χ0v) is 13.0. The van der Waals surface area contributed by atoms with Gasteiger partial charge in [-0.1, -0.05) is 37.3 Å². The number of benzene rings is 2. The van der Waals surface area contributed by atoms with Crippen molar-refractivity contribution in [2.24, 2.45) is 0 Å². The molecule has 4 heteroatoms. The predicted molar refractivity (Wildman–Crippen MR) is 89.1 cm³/mol. The van der Waals surface area contributed by atoms with E-state index in [9.17, 15) is 4.79 Å². The molecule has 0 saturated heterocycles. The van der Waals surface area contributed by atoms with Crippen LogP contribution in [-0.2, 0) is 4.79 Å². The zero-order valence-electron chi connectivity index (χ0n) is 13.0. The number of hydrogen-bond donors (Lipinski definition) is 2.